The molecule has 0 aliphatic heterocycles. The predicted octanol–water partition coefficient (Wildman–Crippen LogP) is 3.53. The summed E-state index contributed by atoms with van der Waals surface area (Å²) in [5.41, 5.74) is 0.809. The molecule has 0 saturated carbocycles. The molecule has 0 amide bonds. The van der Waals surface area contributed by atoms with Crippen LogP contribution in [0.2, 0.25) is 0 Å². The van der Waals surface area contributed by atoms with Crippen LogP contribution in [0.5, 0.6) is 5.75 Å². The molecule has 38 heavy (non-hydrogen) atoms. The first-order valence-electron chi connectivity index (χ1n) is 13.0. The highest BCUT2D eigenvalue weighted by Gasteiger charge is 2.42. The van der Waals surface area contributed by atoms with Crippen LogP contribution in [-0.2, 0) is 14.3 Å². The number of carbonyl (C=O) groups excluding carboxylic acids is 1. The van der Waals surface area contributed by atoms with Crippen LogP contribution in [0, 0.1) is 29.4 Å². The second-order valence-corrected chi connectivity index (χ2v) is 10.2. The van der Waals surface area contributed by atoms with Crippen LogP contribution in [0.15, 0.2) is 42.0 Å². The lowest BCUT2D eigenvalue weighted by atomic mass is 9.66. The Kier molecular flexibility index (Phi) is 10.4. The summed E-state index contributed by atoms with van der Waals surface area (Å²) in [7, 11) is 0. The van der Waals surface area contributed by atoms with E-state index >= 15 is 0 Å². The zero-order valence-electron chi connectivity index (χ0n) is 21.5. The van der Waals surface area contributed by atoms with Gasteiger partial charge in [0.25, 0.3) is 0 Å². The van der Waals surface area contributed by atoms with Crippen LogP contribution in [0.1, 0.15) is 52.4 Å². The van der Waals surface area contributed by atoms with Gasteiger partial charge in [-0.1, -0.05) is 32.1 Å². The predicted molar refractivity (Wildman–Crippen MR) is 133 cm³/mol. The van der Waals surface area contributed by atoms with E-state index in [0.29, 0.717) is 18.9 Å². The lowest BCUT2D eigenvalue weighted by molar-refractivity contribution is -0.163. The molecule has 8 atom stereocenters. The number of hydrogen-bond donors (Lipinski definition) is 4. The van der Waals surface area contributed by atoms with Crippen LogP contribution in [0.25, 0.3) is 0 Å². The summed E-state index contributed by atoms with van der Waals surface area (Å²) in [5.74, 6) is -4.15. The number of carboxylic acid groups (broad SMARTS) is 1. The fourth-order valence-electron chi connectivity index (χ4n) is 5.34. The summed E-state index contributed by atoms with van der Waals surface area (Å²) in [6.45, 7) is 3.67. The molecule has 4 N–H and O–H groups in total. The number of carbonyl (C=O) groups is 2. The Labute approximate surface area is 220 Å². The Balaban J connectivity index is 1.72. The van der Waals surface area contributed by atoms with Gasteiger partial charge in [-0.05, 0) is 55.2 Å². The maximum absolute atomic E-state index is 14.1. The molecule has 2 aliphatic rings. The molecule has 1 aromatic carbocycles. The van der Waals surface area contributed by atoms with Gasteiger partial charge >= 0.3 is 11.9 Å². The van der Waals surface area contributed by atoms with Crippen molar-refractivity contribution in [2.24, 2.45) is 17.8 Å². The van der Waals surface area contributed by atoms with E-state index in [1.165, 1.54) is 0 Å². The number of esters is 1. The number of allylic oxidation sites excluding steroid dienone is 2. The largest absolute Gasteiger partial charge is 0.481 e. The van der Waals surface area contributed by atoms with E-state index in [4.69, 9.17) is 14.6 Å². The van der Waals surface area contributed by atoms with Crippen LogP contribution < -0.4 is 4.74 Å². The topological polar surface area (TPSA) is 134 Å². The van der Waals surface area contributed by atoms with E-state index in [-0.39, 0.29) is 42.8 Å². The number of carboxylic acids is 1. The number of fused-ring (bicyclic) bond motifs is 1. The Hall–Kier alpha value is -2.82. The second-order valence-electron chi connectivity index (χ2n) is 10.2. The first kappa shape index (κ1) is 29.7. The number of ether oxygens (including phenoxy) is 2. The average Bonchev–Trinajstić information content (AvgIpc) is 2.82. The van der Waals surface area contributed by atoms with E-state index < -0.39 is 60.5 Å². The quantitative estimate of drug-likeness (QED) is 0.297. The molecule has 0 fully saturated rings. The number of halogens is 2. The molecule has 0 spiro atoms. The first-order chi connectivity index (χ1) is 18.0. The van der Waals surface area contributed by atoms with Gasteiger partial charge < -0.3 is 29.9 Å². The highest BCUT2D eigenvalue weighted by Crippen LogP contribution is 2.44. The Morgan fingerprint density at radius 1 is 1.18 bits per heavy atom. The molecule has 0 saturated heterocycles. The van der Waals surface area contributed by atoms with Gasteiger partial charge in [0.15, 0.2) is 17.7 Å². The van der Waals surface area contributed by atoms with Crippen molar-refractivity contribution in [1.82, 2.24) is 0 Å². The number of aliphatic hydroxyl groups excluding tert-OH is 3. The number of benzene rings is 1. The fraction of sp³-hybridized carbons (Fsp3) is 0.571. The number of aliphatic hydroxyl groups is 3. The van der Waals surface area contributed by atoms with Gasteiger partial charge in [-0.15, -0.1) is 0 Å². The van der Waals surface area contributed by atoms with Crippen molar-refractivity contribution < 1.29 is 48.3 Å². The molecular formula is C28H36F2O8. The zero-order valence-corrected chi connectivity index (χ0v) is 21.5. The smallest absolute Gasteiger partial charge is 0.347 e. The molecular weight excluding hydrogens is 502 g/mol. The van der Waals surface area contributed by atoms with Crippen LogP contribution in [-0.4, -0.2) is 62.9 Å². The highest BCUT2D eigenvalue weighted by molar-refractivity contribution is 5.75. The monoisotopic (exact) mass is 538 g/mol. The van der Waals surface area contributed by atoms with Crippen LogP contribution in [0.4, 0.5) is 8.78 Å². The molecule has 210 valence electrons. The van der Waals surface area contributed by atoms with Gasteiger partial charge in [0.05, 0.1) is 24.7 Å². The van der Waals surface area contributed by atoms with Gasteiger partial charge in [-0.25, -0.2) is 13.6 Å². The SMILES string of the molecule is CCC(Oc1ccc(F)cc1F)C(=O)O[C@H]1C[C@H](O)C=C2C=C[C@H](C)[C@H](CC[C@@H](O)C[C@@H](O)CC(=O)O)[C@H]21. The van der Waals surface area contributed by atoms with Crippen molar-refractivity contribution in [2.45, 2.75) is 82.9 Å². The normalized spacial score (nSPS) is 27.0. The van der Waals surface area contributed by atoms with Crippen LogP contribution >= 0.6 is 0 Å². The molecule has 0 radical (unpaired) electrons. The first-order valence-corrected chi connectivity index (χ1v) is 13.0. The van der Waals surface area contributed by atoms with E-state index in [9.17, 15) is 33.7 Å². The minimum absolute atomic E-state index is 0.0521. The molecule has 1 unspecified atom stereocenters. The van der Waals surface area contributed by atoms with E-state index in [1.807, 2.05) is 19.1 Å². The fourth-order valence-corrected chi connectivity index (χ4v) is 5.34. The molecule has 1 aromatic rings. The molecule has 0 aromatic heterocycles. The molecule has 10 heteroatoms. The van der Waals surface area contributed by atoms with Gasteiger partial charge in [0.1, 0.15) is 11.9 Å². The number of rotatable bonds is 12. The summed E-state index contributed by atoms with van der Waals surface area (Å²) in [6.07, 6.45) is 1.46. The molecule has 3 rings (SSSR count). The maximum atomic E-state index is 14.1. The van der Waals surface area contributed by atoms with E-state index in [1.54, 1.807) is 13.0 Å². The van der Waals surface area contributed by atoms with Crippen molar-refractivity contribution in [3.63, 3.8) is 0 Å². The Bertz CT molecular complexity index is 1040. The van der Waals surface area contributed by atoms with E-state index in [0.717, 1.165) is 17.7 Å². The van der Waals surface area contributed by atoms with Gasteiger partial charge in [0.2, 0.25) is 0 Å². The average molecular weight is 539 g/mol. The van der Waals surface area contributed by atoms with Gasteiger partial charge in [-0.3, -0.25) is 4.79 Å². The summed E-state index contributed by atoms with van der Waals surface area (Å²) in [5, 5.41) is 39.5. The van der Waals surface area contributed by atoms with Crippen molar-refractivity contribution in [1.29, 1.82) is 0 Å². The number of aliphatic carboxylic acids is 1. The lowest BCUT2D eigenvalue weighted by Crippen LogP contribution is -2.44. The summed E-state index contributed by atoms with van der Waals surface area (Å²) >= 11 is 0. The summed E-state index contributed by atoms with van der Waals surface area (Å²) in [4.78, 5) is 23.9. The minimum Gasteiger partial charge on any atom is -0.481 e. The van der Waals surface area contributed by atoms with Gasteiger partial charge in [0, 0.05) is 18.4 Å². The maximum Gasteiger partial charge on any atom is 0.347 e. The third kappa shape index (κ3) is 7.85. The van der Waals surface area contributed by atoms with Crippen molar-refractivity contribution in [3.05, 3.63) is 53.6 Å². The summed E-state index contributed by atoms with van der Waals surface area (Å²) < 4.78 is 38.7. The minimum atomic E-state index is -1.16. The second kappa shape index (κ2) is 13.3. The molecule has 0 bridgehead atoms. The summed E-state index contributed by atoms with van der Waals surface area (Å²) in [6, 6.07) is 2.80. The third-order valence-electron chi connectivity index (χ3n) is 7.22. The third-order valence-corrected chi connectivity index (χ3v) is 7.22. The van der Waals surface area contributed by atoms with Crippen molar-refractivity contribution >= 4 is 11.9 Å². The molecule has 0 heterocycles. The lowest BCUT2D eigenvalue weighted by Gasteiger charge is -2.43. The molecule has 2 aliphatic carbocycles. The number of hydrogen-bond acceptors (Lipinski definition) is 7. The van der Waals surface area contributed by atoms with Gasteiger partial charge in [-0.2, -0.15) is 0 Å². The Morgan fingerprint density at radius 3 is 2.58 bits per heavy atom. The highest BCUT2D eigenvalue weighted by atomic mass is 19.1. The molecule has 8 nitrogen and oxygen atoms in total. The van der Waals surface area contributed by atoms with E-state index in [2.05, 4.69) is 0 Å². The standard InChI is InChI=1S/C28H36F2O8/c1-3-23(37-24-9-6-17(29)11-22(24)30)28(36)38-25-13-19(32)10-16-5-4-15(2)21(27(16)25)8-7-18(31)12-20(33)14-26(34)35/h4-6,9-11,15,18-21,23,25,27,31-33H,3,7-8,12-14H2,1-2H3,(H,34,35)/t15-,18+,19+,20+,21-,23?,25-,27-/m0/s1. The Morgan fingerprint density at radius 2 is 1.92 bits per heavy atom. The van der Waals surface area contributed by atoms with Crippen LogP contribution in [0.3, 0.4) is 0 Å². The van der Waals surface area contributed by atoms with Crippen molar-refractivity contribution in [3.8, 4) is 5.75 Å². The zero-order chi connectivity index (χ0) is 28.0. The van der Waals surface area contributed by atoms with Crippen molar-refractivity contribution in [2.75, 3.05) is 0 Å².